The number of anilines is 1. The van der Waals surface area contributed by atoms with E-state index in [0.717, 1.165) is 5.56 Å². The highest BCUT2D eigenvalue weighted by Crippen LogP contribution is 2.44. The third-order valence-electron chi connectivity index (χ3n) is 6.28. The first kappa shape index (κ1) is 26.5. The Labute approximate surface area is 221 Å². The average Bonchev–Trinajstić information content (AvgIpc) is 3.21. The summed E-state index contributed by atoms with van der Waals surface area (Å²) in [7, 11) is 2.93. The van der Waals surface area contributed by atoms with Gasteiger partial charge in [0.05, 0.1) is 43.6 Å². The molecule has 1 aliphatic heterocycles. The zero-order valence-corrected chi connectivity index (χ0v) is 21.7. The standard InChI is InChI=1S/C30H29NO7/c1-5-15-38-30(35)19-9-11-21(12-10-19)31-26(20-8-6-7-18(2)16-20)25(28(33)29(31)34)27(32)23-17-22(36-3)13-14-24(23)37-4/h6-14,16-17,26,32H,5,15H2,1-4H3/b27-25+. The van der Waals surface area contributed by atoms with Crippen LogP contribution in [0.5, 0.6) is 11.5 Å². The maximum Gasteiger partial charge on any atom is 0.338 e. The van der Waals surface area contributed by atoms with Gasteiger partial charge in [-0.3, -0.25) is 14.5 Å². The molecular formula is C30H29NO7. The third kappa shape index (κ3) is 4.98. The number of aliphatic hydroxyl groups is 1. The molecular weight excluding hydrogens is 486 g/mol. The summed E-state index contributed by atoms with van der Waals surface area (Å²) in [6.07, 6.45) is 0.697. The Bertz CT molecular complexity index is 1410. The van der Waals surface area contributed by atoms with Crippen LogP contribution in [0.15, 0.2) is 72.3 Å². The lowest BCUT2D eigenvalue weighted by molar-refractivity contribution is -0.132. The number of aliphatic hydroxyl groups excluding tert-OH is 1. The molecule has 8 nitrogen and oxygen atoms in total. The SMILES string of the molecule is CCCOC(=O)c1ccc(N2C(=O)C(=O)/C(=C(/O)c3cc(OC)ccc3OC)C2c2cccc(C)c2)cc1. The van der Waals surface area contributed by atoms with Crippen molar-refractivity contribution in [1.29, 1.82) is 0 Å². The van der Waals surface area contributed by atoms with Crippen molar-refractivity contribution in [3.63, 3.8) is 0 Å². The van der Waals surface area contributed by atoms with E-state index in [0.29, 0.717) is 41.3 Å². The van der Waals surface area contributed by atoms with Gasteiger partial charge in [0.25, 0.3) is 11.7 Å². The quantitative estimate of drug-likeness (QED) is 0.190. The summed E-state index contributed by atoms with van der Waals surface area (Å²) in [5, 5.41) is 11.5. The van der Waals surface area contributed by atoms with Crippen LogP contribution in [0, 0.1) is 6.92 Å². The lowest BCUT2D eigenvalue weighted by Crippen LogP contribution is -2.29. The number of hydrogen-bond donors (Lipinski definition) is 1. The van der Waals surface area contributed by atoms with Crippen molar-refractivity contribution in [2.24, 2.45) is 0 Å². The number of esters is 1. The van der Waals surface area contributed by atoms with Gasteiger partial charge in [-0.15, -0.1) is 0 Å². The van der Waals surface area contributed by atoms with Crippen molar-refractivity contribution in [1.82, 2.24) is 0 Å². The monoisotopic (exact) mass is 515 g/mol. The van der Waals surface area contributed by atoms with Gasteiger partial charge < -0.3 is 19.3 Å². The van der Waals surface area contributed by atoms with E-state index in [4.69, 9.17) is 14.2 Å². The third-order valence-corrected chi connectivity index (χ3v) is 6.28. The Morgan fingerprint density at radius 1 is 0.974 bits per heavy atom. The number of rotatable bonds is 8. The molecule has 0 saturated carbocycles. The molecule has 0 radical (unpaired) electrons. The van der Waals surface area contributed by atoms with Gasteiger partial charge in [-0.05, 0) is 61.4 Å². The molecule has 1 aliphatic rings. The Balaban J connectivity index is 1.88. The molecule has 38 heavy (non-hydrogen) atoms. The molecule has 1 saturated heterocycles. The van der Waals surface area contributed by atoms with E-state index in [1.165, 1.54) is 19.1 Å². The Hall–Kier alpha value is -4.59. The molecule has 196 valence electrons. The van der Waals surface area contributed by atoms with E-state index < -0.39 is 23.7 Å². The fraction of sp³-hybridized carbons (Fsp3) is 0.233. The minimum atomic E-state index is -0.927. The summed E-state index contributed by atoms with van der Waals surface area (Å²) in [4.78, 5) is 40.5. The minimum Gasteiger partial charge on any atom is -0.507 e. The van der Waals surface area contributed by atoms with Gasteiger partial charge in [-0.1, -0.05) is 36.8 Å². The maximum atomic E-state index is 13.5. The van der Waals surface area contributed by atoms with Crippen LogP contribution >= 0.6 is 0 Å². The van der Waals surface area contributed by atoms with Crippen LogP contribution in [0.3, 0.4) is 0 Å². The van der Waals surface area contributed by atoms with Gasteiger partial charge in [0.2, 0.25) is 0 Å². The molecule has 1 atom stereocenters. The smallest absolute Gasteiger partial charge is 0.338 e. The average molecular weight is 516 g/mol. The number of aryl methyl sites for hydroxylation is 1. The van der Waals surface area contributed by atoms with Crippen LogP contribution in [0.25, 0.3) is 5.76 Å². The zero-order valence-electron chi connectivity index (χ0n) is 21.7. The Morgan fingerprint density at radius 3 is 2.34 bits per heavy atom. The van der Waals surface area contributed by atoms with Crippen molar-refractivity contribution in [3.05, 3.63) is 94.6 Å². The number of amides is 1. The fourth-order valence-electron chi connectivity index (χ4n) is 4.43. The van der Waals surface area contributed by atoms with Crippen molar-refractivity contribution in [3.8, 4) is 11.5 Å². The summed E-state index contributed by atoms with van der Waals surface area (Å²) < 4.78 is 15.9. The molecule has 0 spiro atoms. The van der Waals surface area contributed by atoms with E-state index in [2.05, 4.69) is 0 Å². The number of benzene rings is 3. The van der Waals surface area contributed by atoms with Gasteiger partial charge in [0.15, 0.2) is 0 Å². The summed E-state index contributed by atoms with van der Waals surface area (Å²) in [5.41, 5.74) is 2.41. The maximum absolute atomic E-state index is 13.5. The van der Waals surface area contributed by atoms with Crippen LogP contribution in [0.2, 0.25) is 0 Å². The summed E-state index contributed by atoms with van der Waals surface area (Å²) in [6.45, 7) is 4.10. The summed E-state index contributed by atoms with van der Waals surface area (Å²) in [5.74, 6) is -1.74. The number of ether oxygens (including phenoxy) is 3. The Kier molecular flexibility index (Phi) is 7.81. The predicted octanol–water partition coefficient (Wildman–Crippen LogP) is 5.21. The summed E-state index contributed by atoms with van der Waals surface area (Å²) >= 11 is 0. The van der Waals surface area contributed by atoms with Crippen molar-refractivity contribution in [2.75, 3.05) is 25.7 Å². The first-order chi connectivity index (χ1) is 18.3. The number of Topliss-reactive ketones (excluding diaryl/α,β-unsaturated/α-hetero) is 1. The number of hydrogen-bond acceptors (Lipinski definition) is 7. The van der Waals surface area contributed by atoms with Gasteiger partial charge in [0, 0.05) is 5.69 Å². The van der Waals surface area contributed by atoms with Crippen LogP contribution < -0.4 is 14.4 Å². The highest BCUT2D eigenvalue weighted by Gasteiger charge is 2.47. The second kappa shape index (κ2) is 11.2. The van der Waals surface area contributed by atoms with Crippen LogP contribution in [-0.2, 0) is 14.3 Å². The number of carbonyl (C=O) groups is 3. The van der Waals surface area contributed by atoms with Crippen LogP contribution in [0.4, 0.5) is 5.69 Å². The van der Waals surface area contributed by atoms with E-state index in [1.54, 1.807) is 48.5 Å². The molecule has 1 unspecified atom stereocenters. The van der Waals surface area contributed by atoms with E-state index in [9.17, 15) is 19.5 Å². The van der Waals surface area contributed by atoms with Crippen LogP contribution in [0.1, 0.15) is 46.4 Å². The zero-order chi connectivity index (χ0) is 27.4. The number of carbonyl (C=O) groups excluding carboxylic acids is 3. The molecule has 4 rings (SSSR count). The van der Waals surface area contributed by atoms with E-state index in [-0.39, 0.29) is 16.9 Å². The second-order valence-electron chi connectivity index (χ2n) is 8.83. The van der Waals surface area contributed by atoms with Crippen molar-refractivity contribution >= 4 is 29.1 Å². The molecule has 3 aromatic rings. The van der Waals surface area contributed by atoms with Crippen LogP contribution in [-0.4, -0.2) is 43.6 Å². The lowest BCUT2D eigenvalue weighted by atomic mass is 9.94. The highest BCUT2D eigenvalue weighted by atomic mass is 16.5. The van der Waals surface area contributed by atoms with E-state index >= 15 is 0 Å². The largest absolute Gasteiger partial charge is 0.507 e. The van der Waals surface area contributed by atoms with Crippen molar-refractivity contribution in [2.45, 2.75) is 26.3 Å². The van der Waals surface area contributed by atoms with Crippen molar-refractivity contribution < 1.29 is 33.7 Å². The topological polar surface area (TPSA) is 102 Å². The fourth-order valence-corrected chi connectivity index (χ4v) is 4.43. The number of nitrogens with zero attached hydrogens (tertiary/aromatic N) is 1. The van der Waals surface area contributed by atoms with Gasteiger partial charge >= 0.3 is 5.97 Å². The minimum absolute atomic E-state index is 0.0846. The molecule has 0 aliphatic carbocycles. The predicted molar refractivity (Wildman–Crippen MR) is 143 cm³/mol. The first-order valence-electron chi connectivity index (χ1n) is 12.2. The molecule has 3 aromatic carbocycles. The molecule has 1 heterocycles. The molecule has 0 bridgehead atoms. The number of methoxy groups -OCH3 is 2. The number of ketones is 1. The molecule has 1 N–H and O–H groups in total. The Morgan fingerprint density at radius 2 is 1.71 bits per heavy atom. The van der Waals surface area contributed by atoms with E-state index in [1.807, 2.05) is 32.0 Å². The first-order valence-corrected chi connectivity index (χ1v) is 12.2. The second-order valence-corrected chi connectivity index (χ2v) is 8.83. The normalized spacial score (nSPS) is 16.4. The summed E-state index contributed by atoms with van der Waals surface area (Å²) in [6, 6.07) is 17.5. The molecule has 1 fully saturated rings. The molecule has 1 amide bonds. The lowest BCUT2D eigenvalue weighted by Gasteiger charge is -2.26. The van der Waals surface area contributed by atoms with Gasteiger partial charge in [-0.2, -0.15) is 0 Å². The highest BCUT2D eigenvalue weighted by molar-refractivity contribution is 6.51. The van der Waals surface area contributed by atoms with Gasteiger partial charge in [-0.25, -0.2) is 4.79 Å². The molecule has 0 aromatic heterocycles. The molecule has 8 heteroatoms. The van der Waals surface area contributed by atoms with Gasteiger partial charge in [0.1, 0.15) is 17.3 Å².